The van der Waals surface area contributed by atoms with Crippen LogP contribution in [-0.2, 0) is 11.4 Å². The highest BCUT2D eigenvalue weighted by atomic mass is 79.9. The van der Waals surface area contributed by atoms with Gasteiger partial charge in [-0.15, -0.1) is 0 Å². The lowest BCUT2D eigenvalue weighted by Gasteiger charge is -2.15. The summed E-state index contributed by atoms with van der Waals surface area (Å²) in [5.74, 6) is -0.133. The Kier molecular flexibility index (Phi) is 8.81. The van der Waals surface area contributed by atoms with Gasteiger partial charge >= 0.3 is 5.97 Å². The molecule has 0 spiro atoms. The molecule has 0 aliphatic carbocycles. The summed E-state index contributed by atoms with van der Waals surface area (Å²) >= 11 is 10.8. The number of carbonyl (C=O) groups excluding carboxylic acids is 1. The zero-order valence-corrected chi connectivity index (χ0v) is 24.0. The van der Waals surface area contributed by atoms with E-state index in [1.54, 1.807) is 32.2 Å². The van der Waals surface area contributed by atoms with Gasteiger partial charge in [-0.25, -0.2) is 9.79 Å². The molecule has 0 saturated carbocycles. The SMILES string of the molecule is CCOc1cc(/C=C2\SC(=Nc3cccc(C(=O)O)c3C)N(C)C2=O)cc(Br)c1OCc1ccc(Cl)cc1. The van der Waals surface area contributed by atoms with Crippen molar-refractivity contribution in [3.8, 4) is 11.5 Å². The van der Waals surface area contributed by atoms with Gasteiger partial charge < -0.3 is 14.6 Å². The number of carboxylic acid groups (broad SMARTS) is 1. The van der Waals surface area contributed by atoms with Crippen LogP contribution in [0.3, 0.4) is 0 Å². The Morgan fingerprint density at radius 3 is 2.61 bits per heavy atom. The number of ether oxygens (including phenoxy) is 2. The predicted octanol–water partition coefficient (Wildman–Crippen LogP) is 7.32. The van der Waals surface area contributed by atoms with Crippen molar-refractivity contribution in [1.82, 2.24) is 4.90 Å². The van der Waals surface area contributed by atoms with E-state index >= 15 is 0 Å². The third-order valence-corrected chi connectivity index (χ3v) is 7.58. The first-order valence-electron chi connectivity index (χ1n) is 11.6. The summed E-state index contributed by atoms with van der Waals surface area (Å²) in [4.78, 5) is 31.0. The topological polar surface area (TPSA) is 88.4 Å². The smallest absolute Gasteiger partial charge is 0.336 e. The van der Waals surface area contributed by atoms with Gasteiger partial charge in [0.25, 0.3) is 5.91 Å². The third-order valence-electron chi connectivity index (χ3n) is 5.68. The van der Waals surface area contributed by atoms with Crippen molar-refractivity contribution < 1.29 is 24.2 Å². The first kappa shape index (κ1) is 27.8. The van der Waals surface area contributed by atoms with Crippen molar-refractivity contribution in [2.75, 3.05) is 13.7 Å². The average Bonchev–Trinajstić information content (AvgIpc) is 3.13. The molecule has 0 bridgehead atoms. The predicted molar refractivity (Wildman–Crippen MR) is 155 cm³/mol. The number of carboxylic acids is 1. The first-order chi connectivity index (χ1) is 18.2. The van der Waals surface area contributed by atoms with Crippen molar-refractivity contribution in [3.63, 3.8) is 0 Å². The van der Waals surface area contributed by atoms with Crippen LogP contribution in [0.15, 0.2) is 69.0 Å². The number of carbonyl (C=O) groups is 2. The molecule has 1 N–H and O–H groups in total. The van der Waals surface area contributed by atoms with Gasteiger partial charge in [0, 0.05) is 12.1 Å². The molecule has 10 heteroatoms. The van der Waals surface area contributed by atoms with Crippen LogP contribution in [-0.4, -0.2) is 40.7 Å². The van der Waals surface area contributed by atoms with Crippen molar-refractivity contribution in [3.05, 3.63) is 91.3 Å². The van der Waals surface area contributed by atoms with Gasteiger partial charge in [-0.2, -0.15) is 0 Å². The minimum absolute atomic E-state index is 0.172. The zero-order chi connectivity index (χ0) is 27.4. The molecule has 1 amide bonds. The van der Waals surface area contributed by atoms with Crippen LogP contribution in [0.2, 0.25) is 5.02 Å². The Balaban J connectivity index is 1.61. The number of halogens is 2. The quantitative estimate of drug-likeness (QED) is 0.267. The number of rotatable bonds is 8. The molecule has 1 fully saturated rings. The van der Waals surface area contributed by atoms with Crippen molar-refractivity contribution in [2.24, 2.45) is 4.99 Å². The molecule has 1 aliphatic rings. The Hall–Kier alpha value is -3.27. The number of nitrogens with zero attached hydrogens (tertiary/aromatic N) is 2. The molecule has 3 aromatic carbocycles. The monoisotopic (exact) mass is 614 g/mol. The molecule has 38 heavy (non-hydrogen) atoms. The van der Waals surface area contributed by atoms with E-state index < -0.39 is 5.97 Å². The highest BCUT2D eigenvalue weighted by Gasteiger charge is 2.31. The summed E-state index contributed by atoms with van der Waals surface area (Å²) in [6, 6.07) is 16.0. The van der Waals surface area contributed by atoms with Crippen LogP contribution in [0.4, 0.5) is 5.69 Å². The van der Waals surface area contributed by atoms with E-state index in [0.717, 1.165) is 11.1 Å². The highest BCUT2D eigenvalue weighted by Crippen LogP contribution is 2.40. The lowest BCUT2D eigenvalue weighted by atomic mass is 10.1. The Bertz CT molecular complexity index is 1460. The third kappa shape index (κ3) is 6.23. The molecule has 0 radical (unpaired) electrons. The zero-order valence-electron chi connectivity index (χ0n) is 20.8. The number of amidine groups is 1. The lowest BCUT2D eigenvalue weighted by molar-refractivity contribution is -0.121. The first-order valence-corrected chi connectivity index (χ1v) is 13.6. The number of hydrogen-bond acceptors (Lipinski definition) is 6. The standard InChI is InChI=1S/C28H24BrClN2O5S/c1-4-36-23-13-18(12-21(29)25(23)37-15-17-8-10-19(30)11-9-17)14-24-26(33)32(3)28(38-24)31-22-7-5-6-20(16(22)2)27(34)35/h5-14H,4,15H2,1-3H3,(H,34,35)/b24-14-,31-28?. The van der Waals surface area contributed by atoms with E-state index in [0.29, 0.717) is 55.5 Å². The average molecular weight is 616 g/mol. The molecule has 0 atom stereocenters. The summed E-state index contributed by atoms with van der Waals surface area (Å²) in [7, 11) is 1.64. The molecule has 196 valence electrons. The van der Waals surface area contributed by atoms with Gasteiger partial charge in [0.1, 0.15) is 6.61 Å². The van der Waals surface area contributed by atoms with Gasteiger partial charge in [-0.05, 0) is 101 Å². The maximum Gasteiger partial charge on any atom is 0.336 e. The van der Waals surface area contributed by atoms with Gasteiger partial charge in [-0.1, -0.05) is 29.8 Å². The second kappa shape index (κ2) is 12.1. The maximum absolute atomic E-state index is 13.0. The summed E-state index contributed by atoms with van der Waals surface area (Å²) in [6.45, 7) is 4.35. The number of likely N-dealkylation sites (N-methyl/N-ethyl adjacent to an activating group) is 1. The van der Waals surface area contributed by atoms with E-state index in [2.05, 4.69) is 20.9 Å². The van der Waals surface area contributed by atoms with E-state index in [4.69, 9.17) is 21.1 Å². The Morgan fingerprint density at radius 1 is 1.18 bits per heavy atom. The number of thioether (sulfide) groups is 1. The van der Waals surface area contributed by atoms with Gasteiger partial charge in [-0.3, -0.25) is 9.69 Å². The fourth-order valence-corrected chi connectivity index (χ4v) is 5.37. The van der Waals surface area contributed by atoms with Gasteiger partial charge in [0.05, 0.1) is 27.2 Å². The van der Waals surface area contributed by atoms with Crippen molar-refractivity contribution >= 4 is 68.1 Å². The normalized spacial score (nSPS) is 15.4. The van der Waals surface area contributed by atoms with E-state index in [-0.39, 0.29) is 11.5 Å². The van der Waals surface area contributed by atoms with E-state index in [1.807, 2.05) is 43.3 Å². The number of amides is 1. The lowest BCUT2D eigenvalue weighted by Crippen LogP contribution is -2.23. The summed E-state index contributed by atoms with van der Waals surface area (Å²) < 4.78 is 12.6. The highest BCUT2D eigenvalue weighted by molar-refractivity contribution is 9.10. The maximum atomic E-state index is 13.0. The fourth-order valence-electron chi connectivity index (χ4n) is 3.69. The molecule has 1 saturated heterocycles. The molecule has 4 rings (SSSR count). The minimum atomic E-state index is -1.02. The number of hydrogen-bond donors (Lipinski definition) is 1. The summed E-state index contributed by atoms with van der Waals surface area (Å²) in [5.41, 5.74) is 2.91. The van der Waals surface area contributed by atoms with Crippen LogP contribution in [0.1, 0.15) is 34.0 Å². The molecular weight excluding hydrogens is 592 g/mol. The molecule has 1 heterocycles. The fraction of sp³-hybridized carbons (Fsp3) is 0.179. The summed E-state index contributed by atoms with van der Waals surface area (Å²) in [6.07, 6.45) is 1.77. The van der Waals surface area contributed by atoms with Gasteiger partial charge in [0.2, 0.25) is 0 Å². The number of aliphatic imine (C=N–C) groups is 1. The molecule has 7 nitrogen and oxygen atoms in total. The molecule has 1 aliphatic heterocycles. The molecule has 0 unspecified atom stereocenters. The second-order valence-electron chi connectivity index (χ2n) is 8.30. The molecule has 3 aromatic rings. The number of aromatic carboxylic acids is 1. The number of benzene rings is 3. The van der Waals surface area contributed by atoms with Gasteiger partial charge in [0.15, 0.2) is 16.7 Å². The van der Waals surface area contributed by atoms with E-state index in [9.17, 15) is 14.7 Å². The van der Waals surface area contributed by atoms with Crippen LogP contribution >= 0.6 is 39.3 Å². The molecular formula is C28H24BrClN2O5S. The Morgan fingerprint density at radius 2 is 1.92 bits per heavy atom. The minimum Gasteiger partial charge on any atom is -0.490 e. The van der Waals surface area contributed by atoms with Crippen LogP contribution in [0, 0.1) is 6.92 Å². The van der Waals surface area contributed by atoms with E-state index in [1.165, 1.54) is 22.7 Å². The largest absolute Gasteiger partial charge is 0.490 e. The van der Waals surface area contributed by atoms with Crippen molar-refractivity contribution in [2.45, 2.75) is 20.5 Å². The summed E-state index contributed by atoms with van der Waals surface area (Å²) in [5, 5.41) is 10.5. The Labute approximate surface area is 238 Å². The van der Waals surface area contributed by atoms with Crippen molar-refractivity contribution in [1.29, 1.82) is 0 Å². The van der Waals surface area contributed by atoms with Crippen LogP contribution in [0.5, 0.6) is 11.5 Å². The second-order valence-corrected chi connectivity index (χ2v) is 10.6. The van der Waals surface area contributed by atoms with Crippen LogP contribution in [0.25, 0.3) is 6.08 Å². The molecule has 0 aromatic heterocycles. The van der Waals surface area contributed by atoms with Crippen LogP contribution < -0.4 is 9.47 Å².